The molecular weight excluding hydrogens is 1240 g/mol. The Balaban J connectivity index is 0.000000193. The predicted octanol–water partition coefficient (Wildman–Crippen LogP) is 6.83. The highest BCUT2D eigenvalue weighted by Gasteiger charge is 2.59. The molecule has 6 aliphatic carbocycles. The smallest absolute Gasteiger partial charge is 0.537 e. The summed E-state index contributed by atoms with van der Waals surface area (Å²) in [5.41, 5.74) is 4.90. The third-order valence-corrected chi connectivity index (χ3v) is 21.2. The number of aliphatic hydroxyl groups excluding tert-OH is 4. The van der Waals surface area contributed by atoms with E-state index in [-0.39, 0.29) is 54.8 Å². The lowest BCUT2D eigenvalue weighted by atomic mass is 9.45. The summed E-state index contributed by atoms with van der Waals surface area (Å²) in [6.45, 7) is 16.9. The summed E-state index contributed by atoms with van der Waals surface area (Å²) < 4.78 is 17.0. The summed E-state index contributed by atoms with van der Waals surface area (Å²) in [5.74, 6) is 3.05. The second-order valence-electron chi connectivity index (χ2n) is 25.8. The van der Waals surface area contributed by atoms with Crippen molar-refractivity contribution in [2.75, 3.05) is 27.4 Å². The third-order valence-electron chi connectivity index (χ3n) is 20.3. The van der Waals surface area contributed by atoms with Gasteiger partial charge in [-0.3, -0.25) is 38.4 Å². The van der Waals surface area contributed by atoms with Crippen molar-refractivity contribution in [3.8, 4) is 28.4 Å². The lowest BCUT2D eigenvalue weighted by Gasteiger charge is -2.62. The average molecular weight is 1330 g/mol. The van der Waals surface area contributed by atoms with E-state index < -0.39 is 48.3 Å². The Labute approximate surface area is 529 Å². The van der Waals surface area contributed by atoms with Gasteiger partial charge >= 0.3 is 7.69 Å². The Kier molecular flexibility index (Phi) is 22.6. The molecule has 4 bridgehead atoms. The number of nitrogens with zero attached hydrogens (tertiary/aromatic N) is 2. The number of amides is 2. The zero-order valence-corrected chi connectivity index (χ0v) is 53.9. The molecule has 22 heteroatoms. The van der Waals surface area contributed by atoms with Crippen molar-refractivity contribution < 1.29 is 78.0 Å². The molecule has 8 fully saturated rings. The maximum absolute atomic E-state index is 14.0. The van der Waals surface area contributed by atoms with Crippen LogP contribution in [0.2, 0.25) is 0 Å². The van der Waals surface area contributed by atoms with Gasteiger partial charge in [-0.1, -0.05) is 71.9 Å². The molecule has 2 saturated heterocycles. The molecule has 16 atom stereocenters. The van der Waals surface area contributed by atoms with Crippen LogP contribution in [0.1, 0.15) is 134 Å². The van der Waals surface area contributed by atoms with Crippen molar-refractivity contribution in [2.45, 2.75) is 143 Å². The number of aliphatic hydroxyl groups is 4. The topological polar surface area (TPSA) is 280 Å². The minimum absolute atomic E-state index is 0.0360. The number of aldehydes is 4. The minimum atomic E-state index is -0.903. The second-order valence-corrected chi connectivity index (χ2v) is 27.0. The molecule has 88 heavy (non-hydrogen) atoms. The highest BCUT2D eigenvalue weighted by molar-refractivity contribution is 14.1. The quantitative estimate of drug-likeness (QED) is 0.0256. The van der Waals surface area contributed by atoms with Gasteiger partial charge in [-0.15, -0.1) is 0 Å². The van der Waals surface area contributed by atoms with Crippen molar-refractivity contribution >= 4 is 67.2 Å². The Morgan fingerprint density at radius 3 is 1.43 bits per heavy atom. The number of hydrogen-bond donors (Lipinski definition) is 7. The van der Waals surface area contributed by atoms with Gasteiger partial charge in [0.25, 0.3) is 0 Å². The fourth-order valence-corrected chi connectivity index (χ4v) is 16.0. The summed E-state index contributed by atoms with van der Waals surface area (Å²) in [6.07, 6.45) is 3.80. The van der Waals surface area contributed by atoms with Gasteiger partial charge in [0.15, 0.2) is 0 Å². The highest BCUT2D eigenvalue weighted by atomic mass is 127. The third kappa shape index (κ3) is 14.1. The average Bonchev–Trinajstić information content (AvgIpc) is 1.16. The molecule has 4 aromatic carbocycles. The van der Waals surface area contributed by atoms with E-state index in [1.165, 1.54) is 44.2 Å². The van der Waals surface area contributed by atoms with Crippen molar-refractivity contribution in [3.05, 3.63) is 110 Å². The molecule has 2 amide bonds. The van der Waals surface area contributed by atoms with Crippen molar-refractivity contribution in [3.63, 3.8) is 0 Å². The van der Waals surface area contributed by atoms with Crippen LogP contribution >= 0.6 is 22.6 Å². The van der Waals surface area contributed by atoms with Crippen LogP contribution in [0, 0.1) is 61.7 Å². The van der Waals surface area contributed by atoms with E-state index in [1.807, 2.05) is 36.4 Å². The van der Waals surface area contributed by atoms with E-state index in [9.17, 15) is 49.2 Å². The predicted molar refractivity (Wildman–Crippen MR) is 336 cm³/mol. The van der Waals surface area contributed by atoms with Gasteiger partial charge in [0.05, 0.1) is 56.3 Å². The fourth-order valence-electron chi connectivity index (χ4n) is 15.3. The fraction of sp³-hybridized carbons (Fsp3) is 0.545. The van der Waals surface area contributed by atoms with Crippen LogP contribution in [0.15, 0.2) is 72.8 Å². The molecule has 475 valence electrons. The number of fused-ring (bicyclic) bond motifs is 4. The van der Waals surface area contributed by atoms with Crippen LogP contribution in [0.4, 0.5) is 0 Å². The number of halogens is 1. The number of ether oxygens (including phenoxy) is 2. The number of methoxy groups -OCH3 is 2. The van der Waals surface area contributed by atoms with Crippen molar-refractivity contribution in [2.24, 2.45) is 58.2 Å². The molecule has 8 aliphatic rings. The molecule has 2 aliphatic heterocycles. The Bertz CT molecular complexity index is 3090. The molecule has 0 unspecified atom stereocenters. The normalized spacial score (nSPS) is 29.5. The van der Waals surface area contributed by atoms with E-state index in [0.717, 1.165) is 27.7 Å². The first-order chi connectivity index (χ1) is 41.9. The van der Waals surface area contributed by atoms with E-state index in [1.54, 1.807) is 43.2 Å². The number of hydroxylamine groups is 4. The molecule has 12 rings (SSSR count). The number of hydrogen-bond acceptors (Lipinski definition) is 18. The SMILES string of the molecule is COc1c(CN2O[C@@H](CO)[C@@H]([C@H](C)O)[C@H]2C(=O)N[C@H]2C[C@H]3C[C@@H]([C@@H]2C)C3(C)C)cccc1-c1cc(C=O)cc(C=O)c1.COc1c(I)cccc1CN1O[C@@H](CO)[C@@H]([C@H](C)O)[C@H]1C(=O)N[C@H]1C[C@H]2C[C@@H]([C@@H]1C)C2(C)C.O=Cc1cc(C=O)cc(O[B]O)c1. The Hall–Kier alpha value is -5.67. The van der Waals surface area contributed by atoms with Crippen molar-refractivity contribution in [1.29, 1.82) is 0 Å². The molecule has 7 N–H and O–H groups in total. The molecule has 0 spiro atoms. The van der Waals surface area contributed by atoms with Crippen LogP contribution in [-0.2, 0) is 32.4 Å². The molecule has 4 aromatic rings. The number of nitrogens with one attached hydrogen (secondary N) is 2. The molecule has 20 nitrogen and oxygen atoms in total. The van der Waals surface area contributed by atoms with Gasteiger partial charge in [0, 0.05) is 62.9 Å². The van der Waals surface area contributed by atoms with E-state index >= 15 is 0 Å². The van der Waals surface area contributed by atoms with Crippen molar-refractivity contribution in [1.82, 2.24) is 20.8 Å². The van der Waals surface area contributed by atoms with Gasteiger partial charge in [-0.25, -0.2) is 0 Å². The van der Waals surface area contributed by atoms with E-state index in [4.69, 9.17) is 24.2 Å². The minimum Gasteiger partial charge on any atom is -0.537 e. The number of carbonyl (C=O) groups excluding carboxylic acids is 6. The van der Waals surface area contributed by atoms with Crippen LogP contribution in [0.5, 0.6) is 17.2 Å². The zero-order valence-electron chi connectivity index (χ0n) is 51.7. The Morgan fingerprint density at radius 1 is 0.659 bits per heavy atom. The molecule has 1 radical (unpaired) electrons. The summed E-state index contributed by atoms with van der Waals surface area (Å²) in [5, 5.41) is 59.5. The largest absolute Gasteiger partial charge is 0.569 e. The van der Waals surface area contributed by atoms with Gasteiger partial charge in [-0.05, 0) is 156 Å². The lowest BCUT2D eigenvalue weighted by molar-refractivity contribution is -0.183. The summed E-state index contributed by atoms with van der Waals surface area (Å²) in [4.78, 5) is 83.7. The lowest BCUT2D eigenvalue weighted by Crippen LogP contribution is -2.62. The van der Waals surface area contributed by atoms with E-state index in [2.05, 4.69) is 79.4 Å². The number of benzene rings is 4. The number of carbonyl (C=O) groups is 6. The molecule has 0 aromatic heterocycles. The molecule has 2 heterocycles. The van der Waals surface area contributed by atoms with Crippen LogP contribution < -0.4 is 24.8 Å². The first-order valence-electron chi connectivity index (χ1n) is 30.2. The van der Waals surface area contributed by atoms with Gasteiger partial charge in [0.2, 0.25) is 11.8 Å². The monoisotopic (exact) mass is 1330 g/mol. The zero-order chi connectivity index (χ0) is 64.1. The van der Waals surface area contributed by atoms with Gasteiger partial charge in [0.1, 0.15) is 66.7 Å². The number of para-hydroxylation sites is 2. The summed E-state index contributed by atoms with van der Waals surface area (Å²) >= 11 is 2.22. The standard InChI is InChI=1S/C33H42N2O7.C25H37IN2O5.C8H6BO4/c1-18-26-12-24(33(26,3)4)13-27(18)34-32(40)30-29(19(2)39)28(17-38)42-35(30)14-22-7-6-8-25(31(22)41-5)23-10-20(15-36)9-21(11-23)16-37;1-13-17-9-16(25(17,3)4)10-19(13)27-24(31)22-21(14(2)30)20(12-29)33-28(22)11-15-7-6-8-18(26)23(15)32-5;10-4-6-1-7(5-11)3-8(2-6)13-9-12/h6-11,15-16,18-19,24,26-30,38-39H,12-14,17H2,1-5H3,(H,34,40);6-8,13-14,16-17,19-22,29-30H,9-12H2,1-5H3,(H,27,31);1-5,12H/t18-,19-,24+,26-,27-,28-,29+,30-;13-,14-,16+,17-,19-,20-,21+,22-;/m00./s1. The second kappa shape index (κ2) is 29.1. The van der Waals surface area contributed by atoms with E-state index in [0.29, 0.717) is 125 Å². The molecule has 6 saturated carbocycles. The van der Waals surface area contributed by atoms with Crippen LogP contribution in [0.25, 0.3) is 11.1 Å². The summed E-state index contributed by atoms with van der Waals surface area (Å²) in [7, 11) is 3.65. The Morgan fingerprint density at radius 2 is 1.07 bits per heavy atom. The van der Waals surface area contributed by atoms with Crippen LogP contribution in [-0.4, -0.2) is 156 Å². The maximum Gasteiger partial charge on any atom is 0.569 e. The van der Waals surface area contributed by atoms with Gasteiger partial charge in [-0.2, -0.15) is 10.1 Å². The summed E-state index contributed by atoms with van der Waals surface area (Å²) in [6, 6.07) is 19.1. The first-order valence-corrected chi connectivity index (χ1v) is 31.3. The first kappa shape index (κ1) is 68.2. The maximum atomic E-state index is 14.0. The number of rotatable bonds is 21. The van der Waals surface area contributed by atoms with Gasteiger partial charge < -0.3 is 50.2 Å². The highest BCUT2D eigenvalue weighted by Crippen LogP contribution is 2.62. The van der Waals surface area contributed by atoms with Crippen LogP contribution in [0.3, 0.4) is 0 Å². The molecular formula is C66H85BIN4O16.